The molecular formula is C23H24F2N4O4. The number of nitrogens with one attached hydrogen (secondary N) is 1. The van der Waals surface area contributed by atoms with Crippen molar-refractivity contribution in [2.45, 2.75) is 51.0 Å². The van der Waals surface area contributed by atoms with Gasteiger partial charge in [-0.25, -0.2) is 8.78 Å². The van der Waals surface area contributed by atoms with Crippen LogP contribution in [0.1, 0.15) is 52.1 Å². The van der Waals surface area contributed by atoms with Crippen LogP contribution >= 0.6 is 0 Å². The zero-order valence-corrected chi connectivity index (χ0v) is 17.9. The van der Waals surface area contributed by atoms with Crippen molar-refractivity contribution >= 4 is 11.8 Å². The zero-order chi connectivity index (χ0) is 23.3. The van der Waals surface area contributed by atoms with Crippen molar-refractivity contribution in [3.63, 3.8) is 0 Å². The van der Waals surface area contributed by atoms with E-state index in [4.69, 9.17) is 0 Å². The SMILES string of the molecule is O=C(NCc1ccc(F)cc1F)c1cn2c(c(O)c1=O)C(=O)N1CC[C@@H]3CCCCN3[C@@H]1C2. The van der Waals surface area contributed by atoms with Gasteiger partial charge in [0.1, 0.15) is 23.4 Å². The third kappa shape index (κ3) is 3.68. The van der Waals surface area contributed by atoms with Crippen molar-refractivity contribution in [1.82, 2.24) is 19.7 Å². The molecule has 1 aromatic heterocycles. The molecule has 1 aromatic carbocycles. The normalized spacial score (nSPS) is 22.4. The standard InChI is InChI=1S/C23H24F2N4O4/c24-14-5-4-13(17(25)9-14)10-26-22(32)16-11-27-12-18-28-7-2-1-3-15(28)6-8-29(18)23(33)19(27)21(31)20(16)30/h4-5,9,11,15,18,31H,1-3,6-8,10,12H2,(H,26,32)/t15-,18-/m0/s1. The van der Waals surface area contributed by atoms with Crippen LogP contribution < -0.4 is 10.7 Å². The molecule has 33 heavy (non-hydrogen) atoms. The molecule has 4 heterocycles. The first-order chi connectivity index (χ1) is 15.8. The number of nitrogens with zero attached hydrogens (tertiary/aromatic N) is 3. The fourth-order valence-corrected chi connectivity index (χ4v) is 5.21. The lowest BCUT2D eigenvalue weighted by Crippen LogP contribution is -2.64. The van der Waals surface area contributed by atoms with Crippen molar-refractivity contribution in [3.05, 3.63) is 63.1 Å². The van der Waals surface area contributed by atoms with E-state index in [9.17, 15) is 28.3 Å². The maximum Gasteiger partial charge on any atom is 0.275 e. The Kier molecular flexibility index (Phi) is 5.40. The minimum Gasteiger partial charge on any atom is -0.503 e. The van der Waals surface area contributed by atoms with E-state index in [0.29, 0.717) is 25.2 Å². The molecule has 0 unspecified atom stereocenters. The molecule has 10 heteroatoms. The summed E-state index contributed by atoms with van der Waals surface area (Å²) in [4.78, 5) is 42.6. The third-order valence-electron chi connectivity index (χ3n) is 6.90. The van der Waals surface area contributed by atoms with E-state index in [0.717, 1.165) is 38.3 Å². The maximum atomic E-state index is 13.9. The molecule has 3 aliphatic rings. The molecule has 3 aliphatic heterocycles. The topological polar surface area (TPSA) is 94.9 Å². The second-order valence-electron chi connectivity index (χ2n) is 8.80. The van der Waals surface area contributed by atoms with Crippen LogP contribution in [-0.4, -0.2) is 56.6 Å². The van der Waals surface area contributed by atoms with Crippen molar-refractivity contribution in [3.8, 4) is 5.75 Å². The number of amides is 2. The summed E-state index contributed by atoms with van der Waals surface area (Å²) >= 11 is 0. The van der Waals surface area contributed by atoms with E-state index < -0.39 is 34.6 Å². The number of benzene rings is 1. The lowest BCUT2D eigenvalue weighted by atomic mass is 9.94. The summed E-state index contributed by atoms with van der Waals surface area (Å²) in [5, 5.41) is 13.0. The van der Waals surface area contributed by atoms with Gasteiger partial charge in [0.15, 0.2) is 11.4 Å². The van der Waals surface area contributed by atoms with Crippen molar-refractivity contribution in [2.24, 2.45) is 0 Å². The van der Waals surface area contributed by atoms with E-state index in [1.165, 1.54) is 16.8 Å². The predicted molar refractivity (Wildman–Crippen MR) is 114 cm³/mol. The second-order valence-corrected chi connectivity index (χ2v) is 8.80. The molecule has 2 amide bonds. The van der Waals surface area contributed by atoms with Crippen LogP contribution in [0.15, 0.2) is 29.2 Å². The Bertz CT molecular complexity index is 1200. The maximum absolute atomic E-state index is 13.9. The summed E-state index contributed by atoms with van der Waals surface area (Å²) < 4.78 is 28.4. The van der Waals surface area contributed by atoms with Gasteiger partial charge in [0.2, 0.25) is 5.43 Å². The highest BCUT2D eigenvalue weighted by Crippen LogP contribution is 2.33. The van der Waals surface area contributed by atoms with E-state index in [1.807, 2.05) is 0 Å². The molecule has 174 valence electrons. The molecule has 2 saturated heterocycles. The number of rotatable bonds is 3. The van der Waals surface area contributed by atoms with Gasteiger partial charge in [-0.15, -0.1) is 0 Å². The molecule has 2 N–H and O–H groups in total. The zero-order valence-electron chi connectivity index (χ0n) is 17.9. The van der Waals surface area contributed by atoms with Gasteiger partial charge in [0.05, 0.1) is 6.54 Å². The molecule has 0 bridgehead atoms. The molecule has 8 nitrogen and oxygen atoms in total. The van der Waals surface area contributed by atoms with Gasteiger partial charge in [0.25, 0.3) is 11.8 Å². The molecule has 0 aliphatic carbocycles. The number of hydrogen-bond donors (Lipinski definition) is 2. The van der Waals surface area contributed by atoms with Gasteiger partial charge in [0, 0.05) is 43.5 Å². The third-order valence-corrected chi connectivity index (χ3v) is 6.90. The van der Waals surface area contributed by atoms with Crippen molar-refractivity contribution < 1.29 is 23.5 Å². The van der Waals surface area contributed by atoms with Gasteiger partial charge < -0.3 is 19.9 Å². The summed E-state index contributed by atoms with van der Waals surface area (Å²) in [6.07, 6.45) is 5.23. The highest BCUT2D eigenvalue weighted by Gasteiger charge is 2.44. The number of hydrogen-bond acceptors (Lipinski definition) is 5. The Morgan fingerprint density at radius 1 is 1.15 bits per heavy atom. The van der Waals surface area contributed by atoms with Crippen LogP contribution in [0.3, 0.4) is 0 Å². The van der Waals surface area contributed by atoms with E-state index in [2.05, 4.69) is 10.2 Å². The molecule has 2 atom stereocenters. The minimum absolute atomic E-state index is 0.0520. The van der Waals surface area contributed by atoms with Crippen LogP contribution in [-0.2, 0) is 13.1 Å². The fourth-order valence-electron chi connectivity index (χ4n) is 5.21. The second kappa shape index (κ2) is 8.26. The number of halogens is 2. The van der Waals surface area contributed by atoms with Crippen LogP contribution in [0, 0.1) is 11.6 Å². The number of carbonyl (C=O) groups is 2. The van der Waals surface area contributed by atoms with Crippen LogP contribution in [0.4, 0.5) is 8.78 Å². The molecule has 0 spiro atoms. The van der Waals surface area contributed by atoms with E-state index in [1.54, 1.807) is 4.90 Å². The van der Waals surface area contributed by atoms with Gasteiger partial charge >= 0.3 is 0 Å². The van der Waals surface area contributed by atoms with Gasteiger partial charge in [-0.3, -0.25) is 19.3 Å². The predicted octanol–water partition coefficient (Wildman–Crippen LogP) is 1.80. The smallest absolute Gasteiger partial charge is 0.275 e. The average molecular weight is 458 g/mol. The highest BCUT2D eigenvalue weighted by molar-refractivity contribution is 5.99. The number of fused-ring (bicyclic) bond motifs is 4. The molecule has 0 radical (unpaired) electrons. The first-order valence-electron chi connectivity index (χ1n) is 11.1. The Balaban J connectivity index is 1.43. The first kappa shape index (κ1) is 21.6. The van der Waals surface area contributed by atoms with E-state index in [-0.39, 0.29) is 29.5 Å². The number of aromatic hydroxyl groups is 1. The lowest BCUT2D eigenvalue weighted by molar-refractivity contribution is -0.0513. The van der Waals surface area contributed by atoms with Gasteiger partial charge in [-0.05, 0) is 25.3 Å². The average Bonchev–Trinajstić information content (AvgIpc) is 2.80. The Morgan fingerprint density at radius 2 is 1.97 bits per heavy atom. The molecule has 5 rings (SSSR count). The monoisotopic (exact) mass is 458 g/mol. The summed E-state index contributed by atoms with van der Waals surface area (Å²) in [7, 11) is 0. The summed E-state index contributed by atoms with van der Waals surface area (Å²) in [6.45, 7) is 1.50. The van der Waals surface area contributed by atoms with Crippen LogP contribution in [0.5, 0.6) is 5.75 Å². The van der Waals surface area contributed by atoms with E-state index >= 15 is 0 Å². The Hall–Kier alpha value is -3.27. The molecule has 2 aromatic rings. The minimum atomic E-state index is -0.960. The number of carbonyl (C=O) groups excluding carboxylic acids is 2. The van der Waals surface area contributed by atoms with Crippen LogP contribution in [0.25, 0.3) is 0 Å². The summed E-state index contributed by atoms with van der Waals surface area (Å²) in [5.41, 5.74) is -1.37. The molecular weight excluding hydrogens is 434 g/mol. The fraction of sp³-hybridized carbons (Fsp3) is 0.435. The lowest BCUT2D eigenvalue weighted by Gasteiger charge is -2.52. The Labute approximate surface area is 188 Å². The number of pyridine rings is 1. The number of piperidine rings is 1. The Morgan fingerprint density at radius 3 is 2.76 bits per heavy atom. The van der Waals surface area contributed by atoms with Crippen molar-refractivity contribution in [2.75, 3.05) is 13.1 Å². The highest BCUT2D eigenvalue weighted by atomic mass is 19.1. The van der Waals surface area contributed by atoms with Gasteiger partial charge in [-0.2, -0.15) is 0 Å². The largest absolute Gasteiger partial charge is 0.503 e. The molecule has 0 saturated carbocycles. The quantitative estimate of drug-likeness (QED) is 0.732. The first-order valence-corrected chi connectivity index (χ1v) is 11.1. The number of aromatic nitrogens is 1. The van der Waals surface area contributed by atoms with Crippen LogP contribution in [0.2, 0.25) is 0 Å². The van der Waals surface area contributed by atoms with Crippen molar-refractivity contribution in [1.29, 1.82) is 0 Å². The molecule has 2 fully saturated rings. The van der Waals surface area contributed by atoms with Gasteiger partial charge in [-0.1, -0.05) is 12.5 Å². The summed E-state index contributed by atoms with van der Waals surface area (Å²) in [5.74, 6) is -3.56. The summed E-state index contributed by atoms with van der Waals surface area (Å²) in [6, 6.07) is 3.37.